The second kappa shape index (κ2) is 3.32. The van der Waals surface area contributed by atoms with Gasteiger partial charge in [-0.25, -0.2) is 0 Å². The average molecular weight is 181 g/mol. The lowest BCUT2D eigenvalue weighted by atomic mass is 10.2. The van der Waals surface area contributed by atoms with E-state index in [1.165, 1.54) is 0 Å². The molecule has 1 amide bonds. The Labute approximate surface area is 76.3 Å². The molecule has 0 aromatic carbocycles. The van der Waals surface area contributed by atoms with Crippen LogP contribution in [0, 0.1) is 11.3 Å². The molecule has 5 nitrogen and oxygen atoms in total. The van der Waals surface area contributed by atoms with Crippen molar-refractivity contribution in [3.63, 3.8) is 0 Å². The van der Waals surface area contributed by atoms with Crippen LogP contribution >= 0.6 is 0 Å². The molecular formula is C8H11N3O2. The number of carbonyl (C=O) groups is 1. The number of nitrogens with zero attached hydrogens (tertiary/aromatic N) is 2. The van der Waals surface area contributed by atoms with E-state index in [0.29, 0.717) is 19.7 Å². The zero-order chi connectivity index (χ0) is 9.26. The van der Waals surface area contributed by atoms with Crippen LogP contribution in [-0.4, -0.2) is 49.2 Å². The Morgan fingerprint density at radius 3 is 3.08 bits per heavy atom. The quantitative estimate of drug-likeness (QED) is 0.511. The third kappa shape index (κ3) is 1.64. The number of hydrogen-bond acceptors (Lipinski definition) is 4. The normalized spacial score (nSPS) is 32.4. The molecular weight excluding hydrogens is 170 g/mol. The number of piperazine rings is 1. The second-order valence-electron chi connectivity index (χ2n) is 3.20. The van der Waals surface area contributed by atoms with Gasteiger partial charge >= 0.3 is 0 Å². The molecule has 2 heterocycles. The van der Waals surface area contributed by atoms with E-state index in [-0.39, 0.29) is 18.1 Å². The second-order valence-corrected chi connectivity index (χ2v) is 3.20. The standard InChI is InChI=1S/C8H11N3O2/c9-3-6-4-10-1-2-11(6)8(12)7-5-13-7/h6-7,10H,1-2,4-5H2. The molecule has 2 unspecified atom stereocenters. The van der Waals surface area contributed by atoms with Gasteiger partial charge in [-0.3, -0.25) is 4.79 Å². The summed E-state index contributed by atoms with van der Waals surface area (Å²) in [5.74, 6) is -0.0342. The molecule has 0 radical (unpaired) electrons. The van der Waals surface area contributed by atoms with E-state index in [9.17, 15) is 4.79 Å². The number of nitrogens with one attached hydrogen (secondary N) is 1. The Morgan fingerprint density at radius 2 is 2.46 bits per heavy atom. The smallest absolute Gasteiger partial charge is 0.255 e. The number of ether oxygens (including phenoxy) is 1. The summed E-state index contributed by atoms with van der Waals surface area (Å²) in [6.45, 7) is 2.45. The van der Waals surface area contributed by atoms with E-state index in [1.54, 1.807) is 4.90 Å². The van der Waals surface area contributed by atoms with Crippen molar-refractivity contribution in [2.24, 2.45) is 0 Å². The zero-order valence-electron chi connectivity index (χ0n) is 7.19. The van der Waals surface area contributed by atoms with Crippen molar-refractivity contribution < 1.29 is 9.53 Å². The molecule has 0 aromatic rings. The van der Waals surface area contributed by atoms with E-state index >= 15 is 0 Å². The van der Waals surface area contributed by atoms with Gasteiger partial charge in [0.1, 0.15) is 6.04 Å². The Hall–Kier alpha value is -1.12. The molecule has 0 aromatic heterocycles. The van der Waals surface area contributed by atoms with Crippen LogP contribution in [0.2, 0.25) is 0 Å². The molecule has 2 fully saturated rings. The van der Waals surface area contributed by atoms with E-state index in [4.69, 9.17) is 10.00 Å². The van der Waals surface area contributed by atoms with Gasteiger partial charge in [-0.1, -0.05) is 0 Å². The molecule has 0 bridgehead atoms. The van der Waals surface area contributed by atoms with E-state index in [2.05, 4.69) is 11.4 Å². The SMILES string of the molecule is N#CC1CNCCN1C(=O)C1CO1. The van der Waals surface area contributed by atoms with E-state index in [1.807, 2.05) is 0 Å². The van der Waals surface area contributed by atoms with E-state index in [0.717, 1.165) is 6.54 Å². The van der Waals surface area contributed by atoms with Crippen molar-refractivity contribution in [2.45, 2.75) is 12.1 Å². The topological polar surface area (TPSA) is 68.7 Å². The Balaban J connectivity index is 2.01. The van der Waals surface area contributed by atoms with Crippen molar-refractivity contribution in [1.29, 1.82) is 5.26 Å². The Bertz CT molecular complexity index is 257. The number of hydrogen-bond donors (Lipinski definition) is 1. The van der Waals surface area contributed by atoms with Crippen LogP contribution in [0.4, 0.5) is 0 Å². The minimum atomic E-state index is -0.328. The highest BCUT2D eigenvalue weighted by Gasteiger charge is 2.38. The third-order valence-electron chi connectivity index (χ3n) is 2.28. The number of amides is 1. The molecule has 13 heavy (non-hydrogen) atoms. The maximum Gasteiger partial charge on any atom is 0.255 e. The van der Waals surface area contributed by atoms with Gasteiger partial charge in [0.25, 0.3) is 5.91 Å². The molecule has 0 aliphatic carbocycles. The largest absolute Gasteiger partial charge is 0.363 e. The van der Waals surface area contributed by atoms with Crippen LogP contribution in [0.1, 0.15) is 0 Å². The van der Waals surface area contributed by atoms with Crippen LogP contribution in [-0.2, 0) is 9.53 Å². The predicted octanol–water partition coefficient (Wildman–Crippen LogP) is -1.29. The van der Waals surface area contributed by atoms with Gasteiger partial charge in [0.15, 0.2) is 6.10 Å². The average Bonchev–Trinajstić information content (AvgIpc) is 3.00. The molecule has 2 saturated heterocycles. The van der Waals surface area contributed by atoms with Crippen molar-refractivity contribution in [2.75, 3.05) is 26.2 Å². The summed E-state index contributed by atoms with van der Waals surface area (Å²) in [4.78, 5) is 13.2. The van der Waals surface area contributed by atoms with Crippen molar-refractivity contribution in [3.05, 3.63) is 0 Å². The Kier molecular flexibility index (Phi) is 2.17. The summed E-state index contributed by atoms with van der Waals surface area (Å²) in [7, 11) is 0. The monoisotopic (exact) mass is 181 g/mol. The highest BCUT2D eigenvalue weighted by molar-refractivity contribution is 5.83. The molecule has 1 N–H and O–H groups in total. The summed E-state index contributed by atoms with van der Waals surface area (Å²) < 4.78 is 4.90. The zero-order valence-corrected chi connectivity index (χ0v) is 7.19. The fourth-order valence-corrected chi connectivity index (χ4v) is 1.46. The first kappa shape index (κ1) is 8.48. The molecule has 2 rings (SSSR count). The highest BCUT2D eigenvalue weighted by Crippen LogP contribution is 2.15. The first-order valence-electron chi connectivity index (χ1n) is 4.35. The van der Waals surface area contributed by atoms with Gasteiger partial charge in [-0.15, -0.1) is 0 Å². The molecule has 70 valence electrons. The van der Waals surface area contributed by atoms with Gasteiger partial charge in [0.05, 0.1) is 12.7 Å². The van der Waals surface area contributed by atoms with Crippen LogP contribution in [0.25, 0.3) is 0 Å². The minimum absolute atomic E-state index is 0.0342. The molecule has 0 spiro atoms. The van der Waals surface area contributed by atoms with Crippen LogP contribution in [0.15, 0.2) is 0 Å². The van der Waals surface area contributed by atoms with Gasteiger partial charge in [-0.05, 0) is 0 Å². The molecule has 0 saturated carbocycles. The first-order chi connectivity index (χ1) is 6.33. The van der Waals surface area contributed by atoms with Crippen LogP contribution in [0.3, 0.4) is 0 Å². The number of rotatable bonds is 1. The van der Waals surface area contributed by atoms with Crippen molar-refractivity contribution >= 4 is 5.91 Å². The van der Waals surface area contributed by atoms with Gasteiger partial charge < -0.3 is 15.0 Å². The summed E-state index contributed by atoms with van der Waals surface area (Å²) in [6, 6.07) is 1.78. The third-order valence-corrected chi connectivity index (χ3v) is 2.28. The van der Waals surface area contributed by atoms with Crippen molar-refractivity contribution in [3.8, 4) is 6.07 Å². The summed E-state index contributed by atoms with van der Waals surface area (Å²) in [5.41, 5.74) is 0. The molecule has 5 heteroatoms. The van der Waals surface area contributed by atoms with Crippen LogP contribution in [0.5, 0.6) is 0 Å². The lowest BCUT2D eigenvalue weighted by Gasteiger charge is -2.31. The minimum Gasteiger partial charge on any atom is -0.363 e. The summed E-state index contributed by atoms with van der Waals surface area (Å²) in [5, 5.41) is 11.9. The summed E-state index contributed by atoms with van der Waals surface area (Å²) in [6.07, 6.45) is -0.269. The maximum atomic E-state index is 11.6. The highest BCUT2D eigenvalue weighted by atomic mass is 16.6. The number of epoxide rings is 1. The van der Waals surface area contributed by atoms with Crippen molar-refractivity contribution in [1.82, 2.24) is 10.2 Å². The predicted molar refractivity (Wildman–Crippen MR) is 43.7 cm³/mol. The fourth-order valence-electron chi connectivity index (χ4n) is 1.46. The van der Waals surface area contributed by atoms with Gasteiger partial charge in [-0.2, -0.15) is 5.26 Å². The first-order valence-corrected chi connectivity index (χ1v) is 4.35. The number of nitriles is 1. The maximum absolute atomic E-state index is 11.6. The van der Waals surface area contributed by atoms with Gasteiger partial charge in [0.2, 0.25) is 0 Å². The van der Waals surface area contributed by atoms with E-state index < -0.39 is 0 Å². The van der Waals surface area contributed by atoms with Crippen LogP contribution < -0.4 is 5.32 Å². The summed E-state index contributed by atoms with van der Waals surface area (Å²) >= 11 is 0. The number of carbonyl (C=O) groups excluding carboxylic acids is 1. The lowest BCUT2D eigenvalue weighted by molar-refractivity contribution is -0.134. The fraction of sp³-hybridized carbons (Fsp3) is 0.750. The molecule has 2 atom stereocenters. The molecule has 2 aliphatic heterocycles. The molecule has 2 aliphatic rings. The Morgan fingerprint density at radius 1 is 1.69 bits per heavy atom. The van der Waals surface area contributed by atoms with Gasteiger partial charge in [0, 0.05) is 19.6 Å². The lowest BCUT2D eigenvalue weighted by Crippen LogP contribution is -2.54.